The van der Waals surface area contributed by atoms with Gasteiger partial charge in [-0.3, -0.25) is 14.5 Å². The van der Waals surface area contributed by atoms with Crippen LogP contribution in [0.2, 0.25) is 0 Å². The lowest BCUT2D eigenvalue weighted by atomic mass is 9.91. The number of anilines is 1. The highest BCUT2D eigenvalue weighted by Gasteiger charge is 2.36. The number of hydrogen-bond donors (Lipinski definition) is 1. The summed E-state index contributed by atoms with van der Waals surface area (Å²) in [4.78, 5) is 23.2. The van der Waals surface area contributed by atoms with Gasteiger partial charge < -0.3 is 5.32 Å². The maximum atomic E-state index is 12.4. The van der Waals surface area contributed by atoms with Crippen LogP contribution in [0.1, 0.15) is 46.3 Å². The van der Waals surface area contributed by atoms with Gasteiger partial charge in [0.25, 0.3) is 0 Å². The highest BCUT2D eigenvalue weighted by Crippen LogP contribution is 2.44. The van der Waals surface area contributed by atoms with Crippen molar-refractivity contribution >= 4 is 23.1 Å². The molecule has 0 bridgehead atoms. The molecular weight excluding hydrogens is 346 g/mol. The lowest BCUT2D eigenvalue weighted by Crippen LogP contribution is -2.24. The molecule has 2 aliphatic rings. The molecule has 3 aromatic heterocycles. The number of pyridine rings is 1. The highest BCUT2D eigenvalue weighted by molar-refractivity contribution is 7.11. The van der Waals surface area contributed by atoms with Crippen molar-refractivity contribution in [3.63, 3.8) is 0 Å². The average Bonchev–Trinajstić information content (AvgIpc) is 3.23. The van der Waals surface area contributed by atoms with Gasteiger partial charge in [0.05, 0.1) is 17.3 Å². The Hall–Kier alpha value is -2.54. The van der Waals surface area contributed by atoms with Crippen LogP contribution < -0.4 is 5.32 Å². The van der Waals surface area contributed by atoms with Crippen molar-refractivity contribution in [1.82, 2.24) is 19.7 Å². The fourth-order valence-corrected chi connectivity index (χ4v) is 5.18. The SMILES string of the molecule is Cn1nc(-c2ccccn2)c2c1NC(=O)CC2c1nc2c(s1)CCCC2. The maximum Gasteiger partial charge on any atom is 0.226 e. The van der Waals surface area contributed by atoms with Gasteiger partial charge in [0, 0.05) is 30.1 Å². The Morgan fingerprint density at radius 1 is 1.27 bits per heavy atom. The molecule has 1 unspecified atom stereocenters. The smallest absolute Gasteiger partial charge is 0.226 e. The summed E-state index contributed by atoms with van der Waals surface area (Å²) in [5.74, 6) is 0.728. The minimum absolute atomic E-state index is 0.0197. The largest absolute Gasteiger partial charge is 0.311 e. The van der Waals surface area contributed by atoms with E-state index in [1.165, 1.54) is 23.4 Å². The van der Waals surface area contributed by atoms with Gasteiger partial charge in [-0.25, -0.2) is 4.98 Å². The fraction of sp³-hybridized carbons (Fsp3) is 0.368. The number of aromatic nitrogens is 4. The Morgan fingerprint density at radius 2 is 2.15 bits per heavy atom. The van der Waals surface area contributed by atoms with Gasteiger partial charge in [0.2, 0.25) is 5.91 Å². The van der Waals surface area contributed by atoms with Gasteiger partial charge >= 0.3 is 0 Å². The van der Waals surface area contributed by atoms with Crippen molar-refractivity contribution in [1.29, 1.82) is 0 Å². The first-order valence-electron chi connectivity index (χ1n) is 8.97. The number of carbonyl (C=O) groups is 1. The van der Waals surface area contributed by atoms with Crippen molar-refractivity contribution in [2.45, 2.75) is 38.0 Å². The lowest BCUT2D eigenvalue weighted by Gasteiger charge is -2.22. The van der Waals surface area contributed by atoms with Crippen molar-refractivity contribution in [3.8, 4) is 11.4 Å². The second kappa shape index (κ2) is 6.02. The first-order valence-corrected chi connectivity index (χ1v) is 9.79. The van der Waals surface area contributed by atoms with Crippen LogP contribution in [0, 0.1) is 0 Å². The third-order valence-electron chi connectivity index (χ3n) is 5.15. The van der Waals surface area contributed by atoms with Crippen LogP contribution in [0.4, 0.5) is 5.82 Å². The molecule has 1 N–H and O–H groups in total. The van der Waals surface area contributed by atoms with Crippen molar-refractivity contribution in [2.24, 2.45) is 7.05 Å². The third kappa shape index (κ3) is 2.46. The standard InChI is InChI=1S/C19H19N5OS/c1-24-18-16(17(23-24)13-7-4-5-9-20-13)11(10-15(25)22-18)19-21-12-6-2-3-8-14(12)26-19/h4-5,7,9,11H,2-3,6,8,10H2,1H3,(H,22,25). The summed E-state index contributed by atoms with van der Waals surface area (Å²) in [6, 6.07) is 5.82. The Labute approximate surface area is 155 Å². The summed E-state index contributed by atoms with van der Waals surface area (Å²) in [5, 5.41) is 8.70. The molecule has 7 heteroatoms. The zero-order valence-corrected chi connectivity index (χ0v) is 15.3. The van der Waals surface area contributed by atoms with Crippen LogP contribution >= 0.6 is 11.3 Å². The minimum Gasteiger partial charge on any atom is -0.311 e. The number of aryl methyl sites for hydroxylation is 3. The van der Waals surface area contributed by atoms with E-state index in [0.29, 0.717) is 6.42 Å². The molecule has 0 saturated carbocycles. The second-order valence-electron chi connectivity index (χ2n) is 6.88. The van der Waals surface area contributed by atoms with E-state index < -0.39 is 0 Å². The van der Waals surface area contributed by atoms with Gasteiger partial charge in [-0.1, -0.05) is 6.07 Å². The molecule has 132 valence electrons. The van der Waals surface area contributed by atoms with E-state index in [2.05, 4.69) is 15.4 Å². The third-order valence-corrected chi connectivity index (χ3v) is 6.42. The molecule has 1 aliphatic carbocycles. The summed E-state index contributed by atoms with van der Waals surface area (Å²) >= 11 is 1.77. The molecule has 26 heavy (non-hydrogen) atoms. The van der Waals surface area contributed by atoms with Crippen molar-refractivity contribution in [2.75, 3.05) is 5.32 Å². The van der Waals surface area contributed by atoms with E-state index in [9.17, 15) is 4.79 Å². The zero-order chi connectivity index (χ0) is 17.7. The molecule has 6 nitrogen and oxygen atoms in total. The Morgan fingerprint density at radius 3 is 2.96 bits per heavy atom. The lowest BCUT2D eigenvalue weighted by molar-refractivity contribution is -0.116. The van der Waals surface area contributed by atoms with Crippen LogP contribution in [0.3, 0.4) is 0 Å². The van der Waals surface area contributed by atoms with E-state index in [-0.39, 0.29) is 11.8 Å². The van der Waals surface area contributed by atoms with Crippen LogP contribution in [0.25, 0.3) is 11.4 Å². The minimum atomic E-state index is -0.0555. The van der Waals surface area contributed by atoms with Crippen LogP contribution in [0.5, 0.6) is 0 Å². The maximum absolute atomic E-state index is 12.4. The van der Waals surface area contributed by atoms with Crippen LogP contribution in [0.15, 0.2) is 24.4 Å². The number of hydrogen-bond acceptors (Lipinski definition) is 5. The number of thiazole rings is 1. The molecule has 4 heterocycles. The van der Waals surface area contributed by atoms with E-state index in [1.807, 2.05) is 25.2 Å². The Kier molecular flexibility index (Phi) is 3.63. The zero-order valence-electron chi connectivity index (χ0n) is 14.5. The summed E-state index contributed by atoms with van der Waals surface area (Å²) in [7, 11) is 1.86. The summed E-state index contributed by atoms with van der Waals surface area (Å²) in [6.07, 6.45) is 6.78. The van der Waals surface area contributed by atoms with E-state index in [1.54, 1.807) is 22.2 Å². The molecular formula is C19H19N5OS. The van der Waals surface area contributed by atoms with E-state index >= 15 is 0 Å². The number of rotatable bonds is 2. The Balaban J connectivity index is 1.67. The molecule has 5 rings (SSSR count). The first-order chi connectivity index (χ1) is 12.7. The molecule has 0 saturated heterocycles. The molecule has 1 aliphatic heterocycles. The molecule has 1 atom stereocenters. The van der Waals surface area contributed by atoms with E-state index in [4.69, 9.17) is 4.98 Å². The number of nitrogens with one attached hydrogen (secondary N) is 1. The fourth-order valence-electron chi connectivity index (χ4n) is 3.91. The summed E-state index contributed by atoms with van der Waals surface area (Å²) < 4.78 is 1.75. The highest BCUT2D eigenvalue weighted by atomic mass is 32.1. The van der Waals surface area contributed by atoms with Gasteiger partial charge in [-0.05, 0) is 37.8 Å². The molecule has 0 spiro atoms. The average molecular weight is 365 g/mol. The summed E-state index contributed by atoms with van der Waals surface area (Å²) in [6.45, 7) is 0. The van der Waals surface area contributed by atoms with E-state index in [0.717, 1.165) is 40.6 Å². The first kappa shape index (κ1) is 15.7. The monoisotopic (exact) mass is 365 g/mol. The van der Waals surface area contributed by atoms with Crippen LogP contribution in [-0.4, -0.2) is 25.7 Å². The molecule has 0 radical (unpaired) electrons. The van der Waals surface area contributed by atoms with Gasteiger partial charge in [-0.2, -0.15) is 5.10 Å². The topological polar surface area (TPSA) is 72.7 Å². The second-order valence-corrected chi connectivity index (χ2v) is 8.00. The predicted molar refractivity (Wildman–Crippen MR) is 100 cm³/mol. The van der Waals surface area contributed by atoms with Crippen molar-refractivity contribution in [3.05, 3.63) is 45.5 Å². The number of amides is 1. The normalized spacial score (nSPS) is 19.0. The summed E-state index contributed by atoms with van der Waals surface area (Å²) in [5.41, 5.74) is 3.93. The quantitative estimate of drug-likeness (QED) is 0.756. The molecule has 1 amide bonds. The molecule has 0 aromatic carbocycles. The number of fused-ring (bicyclic) bond motifs is 2. The molecule has 3 aromatic rings. The van der Waals surface area contributed by atoms with Crippen molar-refractivity contribution < 1.29 is 4.79 Å². The van der Waals surface area contributed by atoms with Gasteiger partial charge in [0.1, 0.15) is 16.5 Å². The number of nitrogens with zero attached hydrogens (tertiary/aromatic N) is 4. The Bertz CT molecular complexity index is 968. The van der Waals surface area contributed by atoms with Gasteiger partial charge in [-0.15, -0.1) is 11.3 Å². The van der Waals surface area contributed by atoms with Gasteiger partial charge in [0.15, 0.2) is 0 Å². The predicted octanol–water partition coefficient (Wildman–Crippen LogP) is 3.29. The molecule has 0 fully saturated rings. The number of carbonyl (C=O) groups excluding carboxylic acids is 1. The van der Waals surface area contributed by atoms with Crippen LogP contribution in [-0.2, 0) is 24.7 Å².